The van der Waals surface area contributed by atoms with Crippen molar-refractivity contribution in [2.24, 2.45) is 0 Å². The molecule has 0 bridgehead atoms. The summed E-state index contributed by atoms with van der Waals surface area (Å²) in [5.74, 6) is -0.357. The van der Waals surface area contributed by atoms with Crippen LogP contribution in [0.2, 0.25) is 0 Å². The van der Waals surface area contributed by atoms with Crippen LogP contribution in [0, 0.1) is 5.82 Å². The van der Waals surface area contributed by atoms with E-state index in [1.807, 2.05) is 41.8 Å². The number of benzene rings is 2. The van der Waals surface area contributed by atoms with Crippen molar-refractivity contribution < 1.29 is 9.18 Å². The van der Waals surface area contributed by atoms with Crippen molar-refractivity contribution in [2.45, 2.75) is 12.5 Å². The van der Waals surface area contributed by atoms with Crippen LogP contribution in [0.5, 0.6) is 0 Å². The van der Waals surface area contributed by atoms with Crippen molar-refractivity contribution in [3.63, 3.8) is 0 Å². The second kappa shape index (κ2) is 7.73. The molecule has 1 N–H and O–H groups in total. The first kappa shape index (κ1) is 16.9. The van der Waals surface area contributed by atoms with Crippen LogP contribution in [0.25, 0.3) is 0 Å². The van der Waals surface area contributed by atoms with Crippen LogP contribution >= 0.6 is 27.3 Å². The minimum Gasteiger partial charge on any atom is -0.344 e. The smallest absolute Gasteiger partial charge is 0.225 e. The predicted octanol–water partition coefficient (Wildman–Crippen LogP) is 5.10. The lowest BCUT2D eigenvalue weighted by Crippen LogP contribution is -2.30. The molecule has 0 aliphatic heterocycles. The Bertz CT molecular complexity index is 800. The molecule has 1 amide bonds. The molecule has 0 spiro atoms. The van der Waals surface area contributed by atoms with Crippen LogP contribution in [-0.2, 0) is 11.2 Å². The Morgan fingerprint density at radius 1 is 1.08 bits per heavy atom. The van der Waals surface area contributed by atoms with Crippen molar-refractivity contribution in [3.8, 4) is 0 Å². The van der Waals surface area contributed by atoms with Gasteiger partial charge in [0.05, 0.1) is 12.5 Å². The Kier molecular flexibility index (Phi) is 5.43. The fraction of sp³-hybridized carbons (Fsp3) is 0.105. The monoisotopic (exact) mass is 403 g/mol. The quantitative estimate of drug-likeness (QED) is 0.630. The average Bonchev–Trinajstić information content (AvgIpc) is 3.10. The fourth-order valence-corrected chi connectivity index (χ4v) is 3.50. The summed E-state index contributed by atoms with van der Waals surface area (Å²) in [5, 5.41) is 5.02. The second-order valence-electron chi connectivity index (χ2n) is 5.37. The molecule has 3 aromatic rings. The molecule has 3 rings (SSSR count). The van der Waals surface area contributed by atoms with Gasteiger partial charge in [0.15, 0.2) is 0 Å². The van der Waals surface area contributed by atoms with E-state index in [4.69, 9.17) is 0 Å². The number of carbonyl (C=O) groups excluding carboxylic acids is 1. The molecule has 0 saturated heterocycles. The summed E-state index contributed by atoms with van der Waals surface area (Å²) in [6.45, 7) is 0. The highest BCUT2D eigenvalue weighted by atomic mass is 79.9. The lowest BCUT2D eigenvalue weighted by atomic mass is 10.0. The lowest BCUT2D eigenvalue weighted by molar-refractivity contribution is -0.120. The number of hydrogen-bond donors (Lipinski definition) is 1. The highest BCUT2D eigenvalue weighted by Gasteiger charge is 2.18. The van der Waals surface area contributed by atoms with Gasteiger partial charge in [0, 0.05) is 9.35 Å². The van der Waals surface area contributed by atoms with Crippen molar-refractivity contribution in [1.82, 2.24) is 5.32 Å². The van der Waals surface area contributed by atoms with Crippen molar-refractivity contribution >= 4 is 33.2 Å². The van der Waals surface area contributed by atoms with Gasteiger partial charge in [-0.15, -0.1) is 11.3 Å². The third kappa shape index (κ3) is 4.30. The van der Waals surface area contributed by atoms with Gasteiger partial charge in [-0.1, -0.05) is 46.3 Å². The number of halogens is 2. The van der Waals surface area contributed by atoms with Crippen LogP contribution in [0.3, 0.4) is 0 Å². The van der Waals surface area contributed by atoms with Gasteiger partial charge in [-0.05, 0) is 46.8 Å². The molecule has 0 aliphatic carbocycles. The molecule has 1 heterocycles. The molecular formula is C19H15BrFNOS. The number of amides is 1. The minimum atomic E-state index is -0.287. The normalized spacial score (nSPS) is 11.9. The standard InChI is InChI=1S/C19H15BrFNOS/c20-15-7-3-13(4-8-15)12-18(23)22-19(17-2-1-11-24-17)14-5-9-16(21)10-6-14/h1-11,19H,12H2,(H,22,23)/t19-/m1/s1. The maximum atomic E-state index is 13.2. The molecule has 2 nitrogen and oxygen atoms in total. The van der Waals surface area contributed by atoms with Crippen LogP contribution in [0.4, 0.5) is 4.39 Å². The van der Waals surface area contributed by atoms with Gasteiger partial charge in [0.1, 0.15) is 5.82 Å². The zero-order valence-corrected chi connectivity index (χ0v) is 15.1. The Morgan fingerprint density at radius 3 is 2.42 bits per heavy atom. The third-order valence-corrected chi connectivity index (χ3v) is 5.08. The molecule has 5 heteroatoms. The Labute approximate surface area is 152 Å². The summed E-state index contributed by atoms with van der Waals surface area (Å²) in [7, 11) is 0. The Morgan fingerprint density at radius 2 is 1.79 bits per heavy atom. The van der Waals surface area contributed by atoms with Crippen LogP contribution in [0.1, 0.15) is 22.0 Å². The van der Waals surface area contributed by atoms with Gasteiger partial charge >= 0.3 is 0 Å². The van der Waals surface area contributed by atoms with E-state index in [2.05, 4.69) is 21.2 Å². The Balaban J connectivity index is 1.77. The average molecular weight is 404 g/mol. The number of nitrogens with one attached hydrogen (secondary N) is 1. The molecule has 2 aromatic carbocycles. The first-order valence-electron chi connectivity index (χ1n) is 7.44. The third-order valence-electron chi connectivity index (χ3n) is 3.61. The van der Waals surface area contributed by atoms with Crippen molar-refractivity contribution in [1.29, 1.82) is 0 Å². The minimum absolute atomic E-state index is 0.0694. The maximum Gasteiger partial charge on any atom is 0.225 e. The second-order valence-corrected chi connectivity index (χ2v) is 7.27. The number of thiophene rings is 1. The molecule has 0 saturated carbocycles. The molecule has 0 aliphatic rings. The molecule has 1 aromatic heterocycles. The van der Waals surface area contributed by atoms with Crippen LogP contribution in [0.15, 0.2) is 70.5 Å². The summed E-state index contributed by atoms with van der Waals surface area (Å²) in [4.78, 5) is 13.5. The van der Waals surface area contributed by atoms with Crippen molar-refractivity contribution in [3.05, 3.63) is 92.3 Å². The van der Waals surface area contributed by atoms with E-state index < -0.39 is 0 Å². The number of rotatable bonds is 5. The molecule has 0 fully saturated rings. The number of carbonyl (C=O) groups is 1. The molecule has 1 atom stereocenters. The largest absolute Gasteiger partial charge is 0.344 e. The molecule has 0 unspecified atom stereocenters. The topological polar surface area (TPSA) is 29.1 Å². The first-order valence-corrected chi connectivity index (χ1v) is 9.12. The summed E-state index contributed by atoms with van der Waals surface area (Å²) in [5.41, 5.74) is 1.81. The number of hydrogen-bond acceptors (Lipinski definition) is 2. The lowest BCUT2D eigenvalue weighted by Gasteiger charge is -2.18. The summed E-state index contributed by atoms with van der Waals surface area (Å²) in [6.07, 6.45) is 0.302. The van der Waals surface area contributed by atoms with Gasteiger partial charge in [0.2, 0.25) is 5.91 Å². The Hall–Kier alpha value is -1.98. The van der Waals surface area contributed by atoms with E-state index in [1.165, 1.54) is 12.1 Å². The van der Waals surface area contributed by atoms with Gasteiger partial charge < -0.3 is 5.32 Å². The van der Waals surface area contributed by atoms with E-state index in [0.717, 1.165) is 20.5 Å². The summed E-state index contributed by atoms with van der Waals surface area (Å²) < 4.78 is 14.2. The van der Waals surface area contributed by atoms with E-state index >= 15 is 0 Å². The molecule has 122 valence electrons. The first-order chi connectivity index (χ1) is 11.6. The molecular weight excluding hydrogens is 389 g/mol. The van der Waals surface area contributed by atoms with Gasteiger partial charge in [-0.3, -0.25) is 4.79 Å². The van der Waals surface area contributed by atoms with Gasteiger partial charge in [-0.2, -0.15) is 0 Å². The van der Waals surface area contributed by atoms with Gasteiger partial charge in [-0.25, -0.2) is 4.39 Å². The summed E-state index contributed by atoms with van der Waals surface area (Å²) >= 11 is 4.95. The van der Waals surface area contributed by atoms with E-state index in [9.17, 15) is 9.18 Å². The maximum absolute atomic E-state index is 13.2. The fourth-order valence-electron chi connectivity index (χ4n) is 2.43. The van der Waals surface area contributed by atoms with Crippen LogP contribution in [-0.4, -0.2) is 5.91 Å². The van der Waals surface area contributed by atoms with E-state index in [-0.39, 0.29) is 17.8 Å². The van der Waals surface area contributed by atoms with E-state index in [0.29, 0.717) is 6.42 Å². The SMILES string of the molecule is O=C(Cc1ccc(Br)cc1)N[C@H](c1ccc(F)cc1)c1cccs1. The highest BCUT2D eigenvalue weighted by Crippen LogP contribution is 2.26. The molecule has 0 radical (unpaired) electrons. The van der Waals surface area contributed by atoms with Crippen LogP contribution < -0.4 is 5.32 Å². The zero-order valence-electron chi connectivity index (χ0n) is 12.7. The van der Waals surface area contributed by atoms with E-state index in [1.54, 1.807) is 23.5 Å². The molecule has 24 heavy (non-hydrogen) atoms. The van der Waals surface area contributed by atoms with Gasteiger partial charge in [0.25, 0.3) is 0 Å². The predicted molar refractivity (Wildman–Crippen MR) is 98.6 cm³/mol. The summed E-state index contributed by atoms with van der Waals surface area (Å²) in [6, 6.07) is 17.6. The van der Waals surface area contributed by atoms with Crippen molar-refractivity contribution in [2.75, 3.05) is 0 Å². The highest BCUT2D eigenvalue weighted by molar-refractivity contribution is 9.10. The zero-order chi connectivity index (χ0) is 16.9.